The second-order valence-corrected chi connectivity index (χ2v) is 3.45. The van der Waals surface area contributed by atoms with E-state index in [-0.39, 0.29) is 18.0 Å². The van der Waals surface area contributed by atoms with E-state index in [0.717, 1.165) is 5.56 Å². The molecule has 0 amide bonds. The monoisotopic (exact) mass is 224 g/mol. The van der Waals surface area contributed by atoms with Crippen LogP contribution in [0.25, 0.3) is 0 Å². The van der Waals surface area contributed by atoms with Gasteiger partial charge in [-0.3, -0.25) is 4.79 Å². The Bertz CT molecular complexity index is 360. The number of carbonyl (C=O) groups excluding carboxylic acids is 1. The molecule has 0 saturated carbocycles. The Morgan fingerprint density at radius 1 is 1.31 bits per heavy atom. The van der Waals surface area contributed by atoms with Crippen molar-refractivity contribution in [3.8, 4) is 5.75 Å². The number of phenolic OH excluding ortho intramolecular Hbond substituents is 1. The lowest BCUT2D eigenvalue weighted by Gasteiger charge is -2.06. The Hall–Kier alpha value is -1.39. The number of rotatable bonds is 6. The lowest BCUT2D eigenvalue weighted by Crippen LogP contribution is -2.04. The second kappa shape index (κ2) is 6.25. The number of carbonyl (C=O) groups is 1. The molecule has 4 heteroatoms. The van der Waals surface area contributed by atoms with Crippen LogP contribution in [0.4, 0.5) is 0 Å². The van der Waals surface area contributed by atoms with Crippen LogP contribution in [0.3, 0.4) is 0 Å². The molecule has 0 saturated heterocycles. The van der Waals surface area contributed by atoms with E-state index in [1.165, 1.54) is 7.11 Å². The topological polar surface area (TPSA) is 55.8 Å². The van der Waals surface area contributed by atoms with Crippen LogP contribution in [-0.2, 0) is 16.1 Å². The summed E-state index contributed by atoms with van der Waals surface area (Å²) in [6.45, 7) is 0.776. The first kappa shape index (κ1) is 12.7. The number of ether oxygens (including phenoxy) is 2. The number of ketones is 1. The third-order valence-corrected chi connectivity index (χ3v) is 2.21. The molecule has 88 valence electrons. The molecule has 0 aromatic heterocycles. The normalized spacial score (nSPS) is 10.4. The summed E-state index contributed by atoms with van der Waals surface area (Å²) in [5.41, 5.74) is 1.17. The highest BCUT2D eigenvalue weighted by molar-refractivity contribution is 5.98. The molecule has 1 N–H and O–H groups in total. The third kappa shape index (κ3) is 3.32. The molecule has 0 unspecified atom stereocenters. The van der Waals surface area contributed by atoms with Crippen molar-refractivity contribution >= 4 is 5.78 Å². The number of benzene rings is 1. The minimum absolute atomic E-state index is 0.00402. The highest BCUT2D eigenvalue weighted by atomic mass is 16.5. The fourth-order valence-electron chi connectivity index (χ4n) is 1.40. The van der Waals surface area contributed by atoms with Crippen molar-refractivity contribution in [2.75, 3.05) is 20.8 Å². The molecule has 1 aromatic carbocycles. The predicted octanol–water partition coefficient (Wildman–Crippen LogP) is 1.76. The van der Waals surface area contributed by atoms with Crippen molar-refractivity contribution in [2.24, 2.45) is 0 Å². The van der Waals surface area contributed by atoms with Crippen LogP contribution < -0.4 is 0 Å². The Morgan fingerprint density at radius 2 is 2.06 bits per heavy atom. The van der Waals surface area contributed by atoms with Gasteiger partial charge in [0.15, 0.2) is 5.78 Å². The minimum atomic E-state index is -0.122. The van der Waals surface area contributed by atoms with Gasteiger partial charge in [0.25, 0.3) is 0 Å². The van der Waals surface area contributed by atoms with Gasteiger partial charge in [-0.2, -0.15) is 0 Å². The lowest BCUT2D eigenvalue weighted by molar-refractivity contribution is 0.0929. The molecule has 0 atom stereocenters. The Morgan fingerprint density at radius 3 is 2.62 bits per heavy atom. The number of Topliss-reactive ketones (excluding diaryl/α,β-unsaturated/α-hetero) is 1. The highest BCUT2D eigenvalue weighted by Gasteiger charge is 2.11. The lowest BCUT2D eigenvalue weighted by atomic mass is 10.1. The molecule has 0 aliphatic rings. The van der Waals surface area contributed by atoms with E-state index in [1.54, 1.807) is 25.3 Å². The molecular weight excluding hydrogens is 208 g/mol. The molecular formula is C12H16O4. The van der Waals surface area contributed by atoms with Crippen LogP contribution in [0, 0.1) is 0 Å². The summed E-state index contributed by atoms with van der Waals surface area (Å²) in [5, 5.41) is 9.67. The van der Waals surface area contributed by atoms with E-state index >= 15 is 0 Å². The second-order valence-electron chi connectivity index (χ2n) is 3.45. The number of hydrogen-bond donors (Lipinski definition) is 1. The quantitative estimate of drug-likeness (QED) is 0.748. The van der Waals surface area contributed by atoms with Gasteiger partial charge in [-0.15, -0.1) is 0 Å². The summed E-state index contributed by atoms with van der Waals surface area (Å²) in [6, 6.07) is 4.93. The standard InChI is InChI=1S/C12H16O4/c1-15-6-5-11(13)10-4-3-9(8-16-2)7-12(10)14/h3-4,7,14H,5-6,8H2,1-2H3. The van der Waals surface area contributed by atoms with Crippen LogP contribution in [0.1, 0.15) is 22.3 Å². The van der Waals surface area contributed by atoms with E-state index < -0.39 is 0 Å². The number of aromatic hydroxyl groups is 1. The van der Waals surface area contributed by atoms with Crippen molar-refractivity contribution in [3.05, 3.63) is 29.3 Å². The Kier molecular flexibility index (Phi) is 4.95. The summed E-state index contributed by atoms with van der Waals surface area (Å²) >= 11 is 0. The van der Waals surface area contributed by atoms with Crippen LogP contribution in [0.2, 0.25) is 0 Å². The van der Waals surface area contributed by atoms with Crippen LogP contribution >= 0.6 is 0 Å². The van der Waals surface area contributed by atoms with E-state index in [0.29, 0.717) is 18.8 Å². The van der Waals surface area contributed by atoms with Crippen molar-refractivity contribution in [1.82, 2.24) is 0 Å². The number of hydrogen-bond acceptors (Lipinski definition) is 4. The number of methoxy groups -OCH3 is 2. The third-order valence-electron chi connectivity index (χ3n) is 2.21. The largest absolute Gasteiger partial charge is 0.507 e. The first-order valence-corrected chi connectivity index (χ1v) is 5.02. The molecule has 0 aliphatic carbocycles. The summed E-state index contributed by atoms with van der Waals surface area (Å²) in [4.78, 5) is 11.6. The van der Waals surface area contributed by atoms with E-state index in [1.807, 2.05) is 0 Å². The van der Waals surface area contributed by atoms with Gasteiger partial charge in [0, 0.05) is 20.6 Å². The highest BCUT2D eigenvalue weighted by Crippen LogP contribution is 2.20. The molecule has 0 spiro atoms. The zero-order valence-corrected chi connectivity index (χ0v) is 9.53. The summed E-state index contributed by atoms with van der Waals surface area (Å²) < 4.78 is 9.75. The van der Waals surface area contributed by atoms with Crippen LogP contribution in [0.15, 0.2) is 18.2 Å². The van der Waals surface area contributed by atoms with Gasteiger partial charge in [-0.05, 0) is 17.7 Å². The first-order chi connectivity index (χ1) is 7.69. The number of phenols is 1. The first-order valence-electron chi connectivity index (χ1n) is 5.02. The molecule has 0 radical (unpaired) electrons. The molecule has 1 aromatic rings. The van der Waals surface area contributed by atoms with Gasteiger partial charge in [-0.1, -0.05) is 6.07 Å². The minimum Gasteiger partial charge on any atom is -0.507 e. The molecule has 4 nitrogen and oxygen atoms in total. The molecule has 1 rings (SSSR count). The average Bonchev–Trinajstić information content (AvgIpc) is 2.26. The van der Waals surface area contributed by atoms with Crippen molar-refractivity contribution in [2.45, 2.75) is 13.0 Å². The molecule has 0 bridgehead atoms. The van der Waals surface area contributed by atoms with Crippen molar-refractivity contribution < 1.29 is 19.4 Å². The Labute approximate surface area is 94.8 Å². The predicted molar refractivity (Wildman–Crippen MR) is 59.6 cm³/mol. The SMILES string of the molecule is COCCC(=O)c1ccc(COC)cc1O. The summed E-state index contributed by atoms with van der Waals surface area (Å²) in [7, 11) is 3.11. The summed E-state index contributed by atoms with van der Waals surface area (Å²) in [6.07, 6.45) is 0.272. The maximum absolute atomic E-state index is 11.6. The fraction of sp³-hybridized carbons (Fsp3) is 0.417. The zero-order valence-electron chi connectivity index (χ0n) is 9.53. The van der Waals surface area contributed by atoms with Crippen molar-refractivity contribution in [1.29, 1.82) is 0 Å². The fourth-order valence-corrected chi connectivity index (χ4v) is 1.40. The van der Waals surface area contributed by atoms with Gasteiger partial charge < -0.3 is 14.6 Å². The van der Waals surface area contributed by atoms with Gasteiger partial charge in [0.1, 0.15) is 5.75 Å². The molecule has 0 fully saturated rings. The maximum atomic E-state index is 11.6. The molecule has 16 heavy (non-hydrogen) atoms. The van der Waals surface area contributed by atoms with E-state index in [4.69, 9.17) is 9.47 Å². The van der Waals surface area contributed by atoms with Gasteiger partial charge >= 0.3 is 0 Å². The molecule has 0 aliphatic heterocycles. The Balaban J connectivity index is 2.77. The average molecular weight is 224 g/mol. The molecule has 0 heterocycles. The van der Waals surface area contributed by atoms with E-state index in [2.05, 4.69) is 0 Å². The maximum Gasteiger partial charge on any atom is 0.168 e. The van der Waals surface area contributed by atoms with E-state index in [9.17, 15) is 9.90 Å². The smallest absolute Gasteiger partial charge is 0.168 e. The van der Waals surface area contributed by atoms with Crippen LogP contribution in [-0.4, -0.2) is 31.7 Å². The van der Waals surface area contributed by atoms with Gasteiger partial charge in [0.05, 0.1) is 18.8 Å². The van der Waals surface area contributed by atoms with Gasteiger partial charge in [0.2, 0.25) is 0 Å². The van der Waals surface area contributed by atoms with Crippen LogP contribution in [0.5, 0.6) is 5.75 Å². The zero-order chi connectivity index (χ0) is 12.0. The summed E-state index contributed by atoms with van der Waals surface area (Å²) in [5.74, 6) is -0.126. The van der Waals surface area contributed by atoms with Crippen molar-refractivity contribution in [3.63, 3.8) is 0 Å². The van der Waals surface area contributed by atoms with Gasteiger partial charge in [-0.25, -0.2) is 0 Å².